The normalized spacial score (nSPS) is 18.0. The van der Waals surface area contributed by atoms with E-state index in [0.29, 0.717) is 11.1 Å². The van der Waals surface area contributed by atoms with E-state index in [2.05, 4.69) is 10.1 Å². The zero-order valence-corrected chi connectivity index (χ0v) is 9.70. The predicted octanol–water partition coefficient (Wildman–Crippen LogP) is 0.711. The number of fused-ring (bicyclic) bond motifs is 1. The molecule has 96 valence electrons. The van der Waals surface area contributed by atoms with E-state index in [9.17, 15) is 14.0 Å². The third-order valence-corrected chi connectivity index (χ3v) is 2.95. The monoisotopic (exact) mass is 253 g/mol. The van der Waals surface area contributed by atoms with E-state index in [1.54, 1.807) is 0 Å². The van der Waals surface area contributed by atoms with E-state index >= 15 is 0 Å². The molecule has 0 fully saturated rings. The predicted molar refractivity (Wildman–Crippen MR) is 59.7 cm³/mol. The number of carbonyl (C=O) groups is 2. The van der Waals surface area contributed by atoms with Gasteiger partial charge in [-0.2, -0.15) is 0 Å². The van der Waals surface area contributed by atoms with Crippen LogP contribution in [-0.2, 0) is 22.5 Å². The fourth-order valence-electron chi connectivity index (χ4n) is 2.00. The Labute approximate surface area is 103 Å². The summed E-state index contributed by atoms with van der Waals surface area (Å²) in [5, 5.41) is 11.6. The fraction of sp³-hybridized carbons (Fsp3) is 0.333. The lowest BCUT2D eigenvalue weighted by atomic mass is 9.93. The maximum absolute atomic E-state index is 13.8. The van der Waals surface area contributed by atoms with Gasteiger partial charge < -0.3 is 15.2 Å². The molecular weight excluding hydrogens is 241 g/mol. The first-order valence-electron chi connectivity index (χ1n) is 5.38. The summed E-state index contributed by atoms with van der Waals surface area (Å²) in [5.74, 6) is -2.20. The molecule has 0 radical (unpaired) electrons. The van der Waals surface area contributed by atoms with Crippen LogP contribution < -0.4 is 5.32 Å². The minimum Gasteiger partial charge on any atom is -0.480 e. The Morgan fingerprint density at radius 1 is 1.50 bits per heavy atom. The number of halogens is 1. The van der Waals surface area contributed by atoms with E-state index in [1.807, 2.05) is 0 Å². The third-order valence-electron chi connectivity index (χ3n) is 2.95. The molecule has 18 heavy (non-hydrogen) atoms. The molecule has 1 atom stereocenters. The number of benzene rings is 1. The fourth-order valence-corrected chi connectivity index (χ4v) is 2.00. The standard InChI is InChI=1S/C12H12FNO4/c1-18-12(17)6-2-7-5-14-10(11(15)16)4-8(7)9(13)3-6/h2-3,10,14H,4-5H2,1H3,(H,15,16). The lowest BCUT2D eigenvalue weighted by Crippen LogP contribution is -2.42. The van der Waals surface area contributed by atoms with Gasteiger partial charge in [0.05, 0.1) is 12.7 Å². The molecule has 0 spiro atoms. The van der Waals surface area contributed by atoms with E-state index in [0.717, 1.165) is 6.07 Å². The molecule has 1 unspecified atom stereocenters. The highest BCUT2D eigenvalue weighted by Gasteiger charge is 2.27. The van der Waals surface area contributed by atoms with E-state index in [4.69, 9.17) is 5.11 Å². The van der Waals surface area contributed by atoms with Crippen molar-refractivity contribution in [3.8, 4) is 0 Å². The van der Waals surface area contributed by atoms with Crippen LogP contribution in [-0.4, -0.2) is 30.2 Å². The molecule has 0 bridgehead atoms. The number of esters is 1. The zero-order chi connectivity index (χ0) is 13.3. The van der Waals surface area contributed by atoms with Gasteiger partial charge in [-0.3, -0.25) is 4.79 Å². The molecule has 0 amide bonds. The smallest absolute Gasteiger partial charge is 0.337 e. The average molecular weight is 253 g/mol. The first-order valence-corrected chi connectivity index (χ1v) is 5.38. The molecule has 1 aromatic carbocycles. The van der Waals surface area contributed by atoms with Gasteiger partial charge in [-0.1, -0.05) is 0 Å². The highest BCUT2D eigenvalue weighted by Crippen LogP contribution is 2.22. The van der Waals surface area contributed by atoms with Crippen molar-refractivity contribution >= 4 is 11.9 Å². The van der Waals surface area contributed by atoms with Crippen LogP contribution in [0.1, 0.15) is 21.5 Å². The number of rotatable bonds is 2. The van der Waals surface area contributed by atoms with Crippen LogP contribution in [0.25, 0.3) is 0 Å². The molecular formula is C12H12FNO4. The van der Waals surface area contributed by atoms with Crippen LogP contribution in [0.5, 0.6) is 0 Å². The number of carboxylic acid groups (broad SMARTS) is 1. The van der Waals surface area contributed by atoms with Gasteiger partial charge >= 0.3 is 11.9 Å². The summed E-state index contributed by atoms with van der Waals surface area (Å²) in [6.45, 7) is 0.216. The minimum atomic E-state index is -1.02. The second-order valence-corrected chi connectivity index (χ2v) is 4.06. The van der Waals surface area contributed by atoms with Crippen LogP contribution in [0.4, 0.5) is 4.39 Å². The summed E-state index contributed by atoms with van der Waals surface area (Å²) in [7, 11) is 1.22. The van der Waals surface area contributed by atoms with E-state index in [1.165, 1.54) is 13.2 Å². The van der Waals surface area contributed by atoms with Crippen molar-refractivity contribution in [3.63, 3.8) is 0 Å². The zero-order valence-electron chi connectivity index (χ0n) is 9.70. The topological polar surface area (TPSA) is 75.6 Å². The number of hydrogen-bond acceptors (Lipinski definition) is 4. The summed E-state index contributed by atoms with van der Waals surface area (Å²) in [4.78, 5) is 22.2. The summed E-state index contributed by atoms with van der Waals surface area (Å²) < 4.78 is 18.4. The van der Waals surface area contributed by atoms with Gasteiger partial charge in [-0.15, -0.1) is 0 Å². The number of aliphatic carboxylic acids is 1. The molecule has 5 nitrogen and oxygen atoms in total. The van der Waals surface area contributed by atoms with Gasteiger partial charge in [0.2, 0.25) is 0 Å². The number of ether oxygens (including phenoxy) is 1. The summed E-state index contributed by atoms with van der Waals surface area (Å²) in [6, 6.07) is 1.81. The van der Waals surface area contributed by atoms with Crippen LogP contribution in [0.2, 0.25) is 0 Å². The quantitative estimate of drug-likeness (QED) is 0.759. The van der Waals surface area contributed by atoms with Gasteiger partial charge in [0.25, 0.3) is 0 Å². The highest BCUT2D eigenvalue weighted by molar-refractivity contribution is 5.89. The van der Waals surface area contributed by atoms with Gasteiger partial charge in [0, 0.05) is 13.0 Å². The number of nitrogens with one attached hydrogen (secondary N) is 1. The lowest BCUT2D eigenvalue weighted by molar-refractivity contribution is -0.139. The molecule has 0 aliphatic carbocycles. The molecule has 1 heterocycles. The Bertz CT molecular complexity index is 515. The Kier molecular flexibility index (Phi) is 3.29. The SMILES string of the molecule is COC(=O)c1cc(F)c2c(c1)CNC(C(=O)O)C2. The van der Waals surface area contributed by atoms with Crippen molar-refractivity contribution in [2.75, 3.05) is 7.11 Å². The van der Waals surface area contributed by atoms with Crippen molar-refractivity contribution in [2.45, 2.75) is 19.0 Å². The highest BCUT2D eigenvalue weighted by atomic mass is 19.1. The minimum absolute atomic E-state index is 0.0674. The Hall–Kier alpha value is -1.95. The van der Waals surface area contributed by atoms with Crippen molar-refractivity contribution < 1.29 is 23.8 Å². The number of methoxy groups -OCH3 is 1. The van der Waals surface area contributed by atoms with Crippen LogP contribution in [0.3, 0.4) is 0 Å². The summed E-state index contributed by atoms with van der Waals surface area (Å²) in [6.07, 6.45) is 0.0674. The van der Waals surface area contributed by atoms with Gasteiger partial charge in [-0.05, 0) is 23.3 Å². The molecule has 0 saturated heterocycles. The molecule has 1 aromatic rings. The van der Waals surface area contributed by atoms with Crippen molar-refractivity contribution in [2.24, 2.45) is 0 Å². The lowest BCUT2D eigenvalue weighted by Gasteiger charge is -2.23. The maximum atomic E-state index is 13.8. The van der Waals surface area contributed by atoms with Gasteiger partial charge in [-0.25, -0.2) is 9.18 Å². The van der Waals surface area contributed by atoms with E-state index in [-0.39, 0.29) is 18.5 Å². The second kappa shape index (κ2) is 4.73. The third kappa shape index (κ3) is 2.19. The molecule has 6 heteroatoms. The van der Waals surface area contributed by atoms with E-state index < -0.39 is 23.8 Å². The Morgan fingerprint density at radius 3 is 2.83 bits per heavy atom. The number of carbonyl (C=O) groups excluding carboxylic acids is 1. The van der Waals surface area contributed by atoms with Crippen molar-refractivity contribution in [1.82, 2.24) is 5.32 Å². The average Bonchev–Trinajstić information content (AvgIpc) is 2.37. The summed E-state index contributed by atoms with van der Waals surface area (Å²) in [5.41, 5.74) is 1.06. The second-order valence-electron chi connectivity index (χ2n) is 4.06. The maximum Gasteiger partial charge on any atom is 0.337 e. The molecule has 2 rings (SSSR count). The molecule has 1 aliphatic rings. The molecule has 1 aliphatic heterocycles. The van der Waals surface area contributed by atoms with Crippen molar-refractivity contribution in [1.29, 1.82) is 0 Å². The van der Waals surface area contributed by atoms with Gasteiger partial charge in [0.15, 0.2) is 0 Å². The van der Waals surface area contributed by atoms with Gasteiger partial charge in [0.1, 0.15) is 11.9 Å². The number of hydrogen-bond donors (Lipinski definition) is 2. The Balaban J connectivity index is 2.37. The first-order chi connectivity index (χ1) is 8.52. The molecule has 0 aromatic heterocycles. The summed E-state index contributed by atoms with van der Waals surface area (Å²) >= 11 is 0. The Morgan fingerprint density at radius 2 is 2.22 bits per heavy atom. The number of carboxylic acids is 1. The van der Waals surface area contributed by atoms with Crippen LogP contribution >= 0.6 is 0 Å². The van der Waals surface area contributed by atoms with Crippen molar-refractivity contribution in [3.05, 3.63) is 34.6 Å². The first kappa shape index (κ1) is 12.5. The molecule has 2 N–H and O–H groups in total. The largest absolute Gasteiger partial charge is 0.480 e. The van der Waals surface area contributed by atoms with Crippen LogP contribution in [0.15, 0.2) is 12.1 Å². The van der Waals surface area contributed by atoms with Crippen LogP contribution in [0, 0.1) is 5.82 Å². The molecule has 0 saturated carbocycles.